The normalized spacial score (nSPS) is 9.88. The van der Waals surface area contributed by atoms with Crippen LogP contribution >= 0.6 is 0 Å². The average molecular weight is 330 g/mol. The van der Waals surface area contributed by atoms with Crippen molar-refractivity contribution in [1.29, 1.82) is 0 Å². The molecule has 0 aliphatic rings. The third-order valence-corrected chi connectivity index (χ3v) is 3.55. The minimum atomic E-state index is -0.745. The van der Waals surface area contributed by atoms with Crippen molar-refractivity contribution in [3.05, 3.63) is 34.9 Å². The van der Waals surface area contributed by atoms with Crippen molar-refractivity contribution in [1.82, 2.24) is 0 Å². The van der Waals surface area contributed by atoms with Crippen molar-refractivity contribution in [2.24, 2.45) is 11.5 Å². The molecule has 0 heterocycles. The van der Waals surface area contributed by atoms with Crippen LogP contribution < -0.4 is 11.5 Å². The van der Waals surface area contributed by atoms with Crippen molar-refractivity contribution in [2.45, 2.75) is 51.9 Å². The van der Waals surface area contributed by atoms with E-state index in [4.69, 9.17) is 16.2 Å². The van der Waals surface area contributed by atoms with E-state index in [0.717, 1.165) is 36.8 Å². The smallest absolute Gasteiger partial charge is 0.404 e. The summed E-state index contributed by atoms with van der Waals surface area (Å²) in [6.07, 6.45) is 4.74. The van der Waals surface area contributed by atoms with E-state index < -0.39 is 6.09 Å². The zero-order valence-corrected chi connectivity index (χ0v) is 14.3. The molecular weight excluding hydrogens is 304 g/mol. The standard InChI is InChI=1S/C19H26N2O3/c1-2-3-8-16-12-11-15(7-6-13-24-19(21)23)14-17(16)9-4-5-10-18(20)22/h11-12,14H,2-3,5-8,10,13H2,1H3,(H2,20,22)(H2,21,23). The number of ether oxygens (including phenoxy) is 1. The molecule has 4 N–H and O–H groups in total. The van der Waals surface area contributed by atoms with E-state index in [1.54, 1.807) is 0 Å². The zero-order valence-electron chi connectivity index (χ0n) is 14.3. The SMILES string of the molecule is CCCCc1ccc(CCCOC(N)=O)cc1C#CCCC(N)=O. The number of carbonyl (C=O) groups is 2. The fourth-order valence-electron chi connectivity index (χ4n) is 2.27. The van der Waals surface area contributed by atoms with Gasteiger partial charge in [-0.3, -0.25) is 4.79 Å². The maximum atomic E-state index is 10.8. The predicted octanol–water partition coefficient (Wildman–Crippen LogP) is 2.67. The summed E-state index contributed by atoms with van der Waals surface area (Å²) < 4.78 is 4.74. The van der Waals surface area contributed by atoms with E-state index in [-0.39, 0.29) is 12.3 Å². The second kappa shape index (κ2) is 11.1. The third kappa shape index (κ3) is 8.23. The molecule has 0 unspecified atom stereocenters. The summed E-state index contributed by atoms with van der Waals surface area (Å²) in [4.78, 5) is 21.3. The number of hydrogen-bond donors (Lipinski definition) is 2. The first-order valence-electron chi connectivity index (χ1n) is 8.34. The lowest BCUT2D eigenvalue weighted by Crippen LogP contribution is -2.14. The summed E-state index contributed by atoms with van der Waals surface area (Å²) in [5.74, 6) is 5.85. The number of nitrogens with two attached hydrogens (primary N) is 2. The van der Waals surface area contributed by atoms with E-state index in [0.29, 0.717) is 19.4 Å². The zero-order chi connectivity index (χ0) is 17.8. The molecule has 2 amide bonds. The average Bonchev–Trinajstić information content (AvgIpc) is 2.54. The van der Waals surface area contributed by atoms with Gasteiger partial charge in [-0.25, -0.2) is 4.79 Å². The molecular formula is C19H26N2O3. The van der Waals surface area contributed by atoms with Gasteiger partial charge in [-0.2, -0.15) is 0 Å². The highest BCUT2D eigenvalue weighted by Crippen LogP contribution is 2.15. The molecule has 0 bridgehead atoms. The van der Waals surface area contributed by atoms with E-state index in [2.05, 4.69) is 37.0 Å². The largest absolute Gasteiger partial charge is 0.450 e. The van der Waals surface area contributed by atoms with Gasteiger partial charge in [0.15, 0.2) is 0 Å². The number of primary amides is 2. The Morgan fingerprint density at radius 2 is 1.96 bits per heavy atom. The first-order chi connectivity index (χ1) is 11.5. The highest BCUT2D eigenvalue weighted by molar-refractivity contribution is 5.74. The summed E-state index contributed by atoms with van der Waals surface area (Å²) in [7, 11) is 0. The van der Waals surface area contributed by atoms with Crippen molar-refractivity contribution >= 4 is 12.0 Å². The van der Waals surface area contributed by atoms with E-state index >= 15 is 0 Å². The fraction of sp³-hybridized carbons (Fsp3) is 0.474. The van der Waals surface area contributed by atoms with Gasteiger partial charge in [0, 0.05) is 18.4 Å². The van der Waals surface area contributed by atoms with Gasteiger partial charge in [-0.1, -0.05) is 37.3 Å². The van der Waals surface area contributed by atoms with Gasteiger partial charge in [0.05, 0.1) is 6.61 Å². The monoisotopic (exact) mass is 330 g/mol. The molecule has 0 aliphatic heterocycles. The molecule has 0 spiro atoms. The molecule has 1 rings (SSSR count). The molecule has 5 nitrogen and oxygen atoms in total. The Morgan fingerprint density at radius 1 is 1.17 bits per heavy atom. The number of hydrogen-bond acceptors (Lipinski definition) is 3. The van der Waals surface area contributed by atoms with Crippen LogP contribution in [0.1, 0.15) is 55.7 Å². The van der Waals surface area contributed by atoms with Gasteiger partial charge in [0.2, 0.25) is 5.91 Å². The van der Waals surface area contributed by atoms with Crippen molar-refractivity contribution < 1.29 is 14.3 Å². The molecule has 0 aromatic heterocycles. The fourth-order valence-corrected chi connectivity index (χ4v) is 2.27. The Kier molecular flexibility index (Phi) is 9.06. The highest BCUT2D eigenvalue weighted by Gasteiger charge is 2.03. The Morgan fingerprint density at radius 3 is 2.62 bits per heavy atom. The highest BCUT2D eigenvalue weighted by atomic mass is 16.5. The predicted molar refractivity (Wildman–Crippen MR) is 94.2 cm³/mol. The lowest BCUT2D eigenvalue weighted by molar-refractivity contribution is -0.117. The summed E-state index contributed by atoms with van der Waals surface area (Å²) in [5.41, 5.74) is 13.4. The molecule has 0 radical (unpaired) electrons. The number of carbonyl (C=O) groups excluding carboxylic acids is 2. The van der Waals surface area contributed by atoms with Gasteiger partial charge in [0.25, 0.3) is 0 Å². The van der Waals surface area contributed by atoms with Crippen LogP contribution in [0.15, 0.2) is 18.2 Å². The van der Waals surface area contributed by atoms with Crippen LogP contribution in [0.5, 0.6) is 0 Å². The van der Waals surface area contributed by atoms with Crippen LogP contribution in [0.2, 0.25) is 0 Å². The third-order valence-electron chi connectivity index (χ3n) is 3.55. The van der Waals surface area contributed by atoms with Gasteiger partial charge in [0.1, 0.15) is 0 Å². The van der Waals surface area contributed by atoms with Crippen molar-refractivity contribution in [3.8, 4) is 11.8 Å². The Bertz CT molecular complexity index is 615. The molecule has 0 aliphatic carbocycles. The van der Waals surface area contributed by atoms with Crippen LogP contribution in [0.25, 0.3) is 0 Å². The lowest BCUT2D eigenvalue weighted by atomic mass is 9.98. The molecule has 24 heavy (non-hydrogen) atoms. The van der Waals surface area contributed by atoms with Crippen LogP contribution in [0.3, 0.4) is 0 Å². The molecule has 0 saturated carbocycles. The molecule has 130 valence electrons. The topological polar surface area (TPSA) is 95.4 Å². The number of unbranched alkanes of at least 4 members (excludes halogenated alkanes) is 1. The minimum Gasteiger partial charge on any atom is -0.450 e. The van der Waals surface area contributed by atoms with Gasteiger partial charge in [-0.05, 0) is 42.9 Å². The summed E-state index contributed by atoms with van der Waals surface area (Å²) in [5, 5.41) is 0. The quantitative estimate of drug-likeness (QED) is 0.538. The minimum absolute atomic E-state index is 0.279. The van der Waals surface area contributed by atoms with Crippen LogP contribution in [-0.4, -0.2) is 18.6 Å². The first-order valence-corrected chi connectivity index (χ1v) is 8.34. The Hall–Kier alpha value is -2.48. The number of aryl methyl sites for hydroxylation is 2. The number of benzene rings is 1. The first kappa shape index (κ1) is 19.6. The lowest BCUT2D eigenvalue weighted by Gasteiger charge is -2.08. The molecule has 0 atom stereocenters. The summed E-state index contributed by atoms with van der Waals surface area (Å²) in [6, 6.07) is 6.27. The summed E-state index contributed by atoms with van der Waals surface area (Å²) >= 11 is 0. The number of amides is 2. The van der Waals surface area contributed by atoms with Gasteiger partial charge in [-0.15, -0.1) is 0 Å². The van der Waals surface area contributed by atoms with Crippen LogP contribution in [-0.2, 0) is 22.4 Å². The van der Waals surface area contributed by atoms with E-state index in [9.17, 15) is 9.59 Å². The van der Waals surface area contributed by atoms with Crippen molar-refractivity contribution in [3.63, 3.8) is 0 Å². The second-order valence-electron chi connectivity index (χ2n) is 5.63. The van der Waals surface area contributed by atoms with Gasteiger partial charge < -0.3 is 16.2 Å². The van der Waals surface area contributed by atoms with E-state index in [1.165, 1.54) is 5.56 Å². The molecule has 1 aromatic rings. The summed E-state index contributed by atoms with van der Waals surface area (Å²) in [6.45, 7) is 2.47. The number of rotatable bonds is 9. The Balaban J connectivity index is 2.75. The van der Waals surface area contributed by atoms with Gasteiger partial charge >= 0.3 is 6.09 Å². The maximum absolute atomic E-state index is 10.8. The second-order valence-corrected chi connectivity index (χ2v) is 5.63. The molecule has 5 heteroatoms. The van der Waals surface area contributed by atoms with Crippen LogP contribution in [0.4, 0.5) is 4.79 Å². The van der Waals surface area contributed by atoms with Crippen LogP contribution in [0, 0.1) is 11.8 Å². The molecule has 1 aromatic carbocycles. The van der Waals surface area contributed by atoms with Crippen molar-refractivity contribution in [2.75, 3.05) is 6.61 Å². The van der Waals surface area contributed by atoms with E-state index in [1.807, 2.05) is 0 Å². The molecule has 0 fully saturated rings. The Labute approximate surface area is 143 Å². The maximum Gasteiger partial charge on any atom is 0.404 e. The molecule has 0 saturated heterocycles.